The predicted molar refractivity (Wildman–Crippen MR) is 96.5 cm³/mol. The summed E-state index contributed by atoms with van der Waals surface area (Å²) < 4.78 is 33.1. The molecule has 2 aromatic rings. The Hall–Kier alpha value is -2.58. The summed E-state index contributed by atoms with van der Waals surface area (Å²) in [7, 11) is -2.01. The minimum absolute atomic E-state index is 0.0657. The SMILES string of the molecule is COc1ccc(Cl)cc1C(=O)OCC(=O)Nc1cccc(S(C)(=O)=O)c1. The van der Waals surface area contributed by atoms with Gasteiger partial charge < -0.3 is 14.8 Å². The normalized spacial score (nSPS) is 10.9. The van der Waals surface area contributed by atoms with Gasteiger partial charge in [-0.1, -0.05) is 17.7 Å². The topological polar surface area (TPSA) is 98.8 Å². The van der Waals surface area contributed by atoms with E-state index in [1.165, 1.54) is 43.5 Å². The van der Waals surface area contributed by atoms with Crippen LogP contribution in [0.4, 0.5) is 5.69 Å². The van der Waals surface area contributed by atoms with Gasteiger partial charge in [0.1, 0.15) is 11.3 Å². The van der Waals surface area contributed by atoms with Gasteiger partial charge in [-0.2, -0.15) is 0 Å². The van der Waals surface area contributed by atoms with Crippen LogP contribution in [0.5, 0.6) is 5.75 Å². The van der Waals surface area contributed by atoms with Crippen LogP contribution in [-0.4, -0.2) is 40.3 Å². The molecule has 0 radical (unpaired) electrons. The molecule has 9 heteroatoms. The number of hydrogen-bond acceptors (Lipinski definition) is 6. The van der Waals surface area contributed by atoms with Crippen LogP contribution >= 0.6 is 11.6 Å². The third-order valence-corrected chi connectivity index (χ3v) is 4.61. The average molecular weight is 398 g/mol. The lowest BCUT2D eigenvalue weighted by atomic mass is 10.2. The molecule has 138 valence electrons. The molecule has 0 spiro atoms. The summed E-state index contributed by atoms with van der Waals surface area (Å²) in [6.45, 7) is -0.558. The molecule has 1 amide bonds. The van der Waals surface area contributed by atoms with Crippen molar-refractivity contribution >= 4 is 39.0 Å². The maximum atomic E-state index is 12.1. The van der Waals surface area contributed by atoms with Gasteiger partial charge in [0.2, 0.25) is 0 Å². The van der Waals surface area contributed by atoms with E-state index in [2.05, 4.69) is 5.32 Å². The number of anilines is 1. The first kappa shape index (κ1) is 19.7. The van der Waals surface area contributed by atoms with Crippen molar-refractivity contribution in [1.29, 1.82) is 0 Å². The zero-order valence-corrected chi connectivity index (χ0v) is 15.6. The van der Waals surface area contributed by atoms with Crippen molar-refractivity contribution in [1.82, 2.24) is 0 Å². The van der Waals surface area contributed by atoms with Crippen LogP contribution in [0.2, 0.25) is 5.02 Å². The van der Waals surface area contributed by atoms with E-state index in [0.717, 1.165) is 6.26 Å². The lowest BCUT2D eigenvalue weighted by Gasteiger charge is -2.10. The number of methoxy groups -OCH3 is 1. The Bertz CT molecular complexity index is 942. The van der Waals surface area contributed by atoms with Gasteiger partial charge in [0.25, 0.3) is 5.91 Å². The summed E-state index contributed by atoms with van der Waals surface area (Å²) >= 11 is 5.85. The Balaban J connectivity index is 2.01. The zero-order chi connectivity index (χ0) is 19.3. The van der Waals surface area contributed by atoms with Gasteiger partial charge >= 0.3 is 5.97 Å². The second-order valence-corrected chi connectivity index (χ2v) is 7.72. The number of halogens is 1. The van der Waals surface area contributed by atoms with Crippen LogP contribution in [0.15, 0.2) is 47.4 Å². The molecule has 7 nitrogen and oxygen atoms in total. The molecule has 0 fully saturated rings. The molecule has 0 unspecified atom stereocenters. The van der Waals surface area contributed by atoms with E-state index < -0.39 is 28.3 Å². The van der Waals surface area contributed by atoms with Gasteiger partial charge in [-0.25, -0.2) is 13.2 Å². The molecule has 0 aliphatic heterocycles. The number of esters is 1. The number of sulfone groups is 1. The lowest BCUT2D eigenvalue weighted by molar-refractivity contribution is -0.119. The fourth-order valence-electron chi connectivity index (χ4n) is 2.05. The average Bonchev–Trinajstić information content (AvgIpc) is 2.59. The number of nitrogens with one attached hydrogen (secondary N) is 1. The van der Waals surface area contributed by atoms with Crippen molar-refractivity contribution in [3.8, 4) is 5.75 Å². The largest absolute Gasteiger partial charge is 0.496 e. The van der Waals surface area contributed by atoms with E-state index >= 15 is 0 Å². The molecule has 1 N–H and O–H groups in total. The molecule has 0 saturated carbocycles. The van der Waals surface area contributed by atoms with E-state index in [1.54, 1.807) is 6.07 Å². The highest BCUT2D eigenvalue weighted by Crippen LogP contribution is 2.23. The van der Waals surface area contributed by atoms with Crippen LogP contribution in [0.3, 0.4) is 0 Å². The van der Waals surface area contributed by atoms with Gasteiger partial charge in [0, 0.05) is 17.0 Å². The van der Waals surface area contributed by atoms with Crippen molar-refractivity contribution in [3.63, 3.8) is 0 Å². The highest BCUT2D eigenvalue weighted by molar-refractivity contribution is 7.90. The number of carbonyl (C=O) groups excluding carboxylic acids is 2. The quantitative estimate of drug-likeness (QED) is 0.752. The Labute approximate surface area is 155 Å². The first-order valence-corrected chi connectivity index (χ1v) is 9.58. The van der Waals surface area contributed by atoms with E-state index in [9.17, 15) is 18.0 Å². The molecule has 26 heavy (non-hydrogen) atoms. The first-order valence-electron chi connectivity index (χ1n) is 7.31. The summed E-state index contributed by atoms with van der Waals surface area (Å²) in [5, 5.41) is 2.78. The van der Waals surface area contributed by atoms with Crippen LogP contribution in [0.25, 0.3) is 0 Å². The van der Waals surface area contributed by atoms with Gasteiger partial charge in [0.05, 0.1) is 12.0 Å². The van der Waals surface area contributed by atoms with Crippen LogP contribution in [-0.2, 0) is 19.4 Å². The number of benzene rings is 2. The van der Waals surface area contributed by atoms with Crippen LogP contribution < -0.4 is 10.1 Å². The van der Waals surface area contributed by atoms with Crippen molar-refractivity contribution < 1.29 is 27.5 Å². The predicted octanol–water partition coefficient (Wildman–Crippen LogP) is 2.55. The summed E-state index contributed by atoms with van der Waals surface area (Å²) in [4.78, 5) is 24.1. The van der Waals surface area contributed by atoms with Crippen molar-refractivity contribution in [3.05, 3.63) is 53.1 Å². The molecule has 0 aliphatic carbocycles. The van der Waals surface area contributed by atoms with E-state index in [0.29, 0.717) is 5.02 Å². The third kappa shape index (κ3) is 5.21. The molecule has 0 atom stereocenters. The van der Waals surface area contributed by atoms with Crippen molar-refractivity contribution in [2.24, 2.45) is 0 Å². The number of amides is 1. The minimum atomic E-state index is -3.40. The standard InChI is InChI=1S/C17H16ClNO6S/c1-24-15-7-6-11(18)8-14(15)17(21)25-10-16(20)19-12-4-3-5-13(9-12)26(2,22)23/h3-9H,10H2,1-2H3,(H,19,20). The highest BCUT2D eigenvalue weighted by Gasteiger charge is 2.16. The maximum absolute atomic E-state index is 12.1. The van der Waals surface area contributed by atoms with Gasteiger partial charge in [-0.15, -0.1) is 0 Å². The maximum Gasteiger partial charge on any atom is 0.342 e. The number of ether oxygens (including phenoxy) is 2. The van der Waals surface area contributed by atoms with Gasteiger partial charge in [0.15, 0.2) is 16.4 Å². The fourth-order valence-corrected chi connectivity index (χ4v) is 2.89. The van der Waals surface area contributed by atoms with E-state index in [4.69, 9.17) is 21.1 Å². The Morgan fingerprint density at radius 1 is 1.15 bits per heavy atom. The molecule has 0 aliphatic rings. The Kier molecular flexibility index (Phi) is 6.23. The molecule has 2 rings (SSSR count). The Morgan fingerprint density at radius 3 is 2.54 bits per heavy atom. The van der Waals surface area contributed by atoms with E-state index in [-0.39, 0.29) is 21.9 Å². The summed E-state index contributed by atoms with van der Waals surface area (Å²) in [6, 6.07) is 10.2. The van der Waals surface area contributed by atoms with Crippen LogP contribution in [0.1, 0.15) is 10.4 Å². The Morgan fingerprint density at radius 2 is 1.88 bits per heavy atom. The monoisotopic (exact) mass is 397 g/mol. The fraction of sp³-hybridized carbons (Fsp3) is 0.176. The molecule has 2 aromatic carbocycles. The van der Waals surface area contributed by atoms with Crippen LogP contribution in [0, 0.1) is 0 Å². The third-order valence-electron chi connectivity index (χ3n) is 3.26. The molecule has 0 saturated heterocycles. The van der Waals surface area contributed by atoms with Crippen molar-refractivity contribution in [2.45, 2.75) is 4.90 Å². The van der Waals surface area contributed by atoms with Gasteiger partial charge in [-0.3, -0.25) is 4.79 Å². The smallest absolute Gasteiger partial charge is 0.342 e. The summed E-state index contributed by atoms with van der Waals surface area (Å²) in [5.41, 5.74) is 0.362. The zero-order valence-electron chi connectivity index (χ0n) is 14.0. The number of rotatable bonds is 6. The molecule has 0 heterocycles. The molecule has 0 aromatic heterocycles. The first-order chi connectivity index (χ1) is 12.2. The molecular weight excluding hydrogens is 382 g/mol. The molecular formula is C17H16ClNO6S. The minimum Gasteiger partial charge on any atom is -0.496 e. The molecule has 0 bridgehead atoms. The number of carbonyl (C=O) groups is 2. The summed E-state index contributed by atoms with van der Waals surface area (Å²) in [5.74, 6) is -1.13. The number of hydrogen-bond donors (Lipinski definition) is 1. The highest BCUT2D eigenvalue weighted by atomic mass is 35.5. The second-order valence-electron chi connectivity index (χ2n) is 5.27. The van der Waals surface area contributed by atoms with E-state index in [1.807, 2.05) is 0 Å². The van der Waals surface area contributed by atoms with Crippen molar-refractivity contribution in [2.75, 3.05) is 25.3 Å². The van der Waals surface area contributed by atoms with Gasteiger partial charge in [-0.05, 0) is 36.4 Å². The lowest BCUT2D eigenvalue weighted by Crippen LogP contribution is -2.21. The summed E-state index contributed by atoms with van der Waals surface area (Å²) in [6.07, 6.45) is 1.06. The second kappa shape index (κ2) is 8.20.